The molecule has 3 aromatic rings. The lowest BCUT2D eigenvalue weighted by atomic mass is 10.1. The molecule has 25 heavy (non-hydrogen) atoms. The molecule has 0 fully saturated rings. The topological polar surface area (TPSA) is 89.8 Å². The fourth-order valence-corrected chi connectivity index (χ4v) is 2.94. The quantitative estimate of drug-likeness (QED) is 0.541. The van der Waals surface area contributed by atoms with Crippen molar-refractivity contribution in [3.05, 3.63) is 60.2 Å². The Labute approximate surface area is 148 Å². The lowest BCUT2D eigenvalue weighted by Crippen LogP contribution is -2.07. The van der Waals surface area contributed by atoms with Crippen LogP contribution in [-0.4, -0.2) is 37.7 Å². The molecule has 0 saturated carbocycles. The van der Waals surface area contributed by atoms with Gasteiger partial charge in [-0.15, -0.1) is 5.10 Å². The van der Waals surface area contributed by atoms with Crippen molar-refractivity contribution < 1.29 is 9.59 Å². The van der Waals surface area contributed by atoms with Crippen molar-refractivity contribution in [1.82, 2.24) is 20.2 Å². The van der Waals surface area contributed by atoms with Crippen molar-refractivity contribution in [2.75, 3.05) is 11.1 Å². The van der Waals surface area contributed by atoms with E-state index in [0.29, 0.717) is 16.4 Å². The average molecular weight is 353 g/mol. The summed E-state index contributed by atoms with van der Waals surface area (Å²) in [7, 11) is 0. The zero-order valence-corrected chi connectivity index (χ0v) is 14.2. The first kappa shape index (κ1) is 16.8. The Balaban J connectivity index is 1.65. The minimum atomic E-state index is -0.151. The molecule has 0 aliphatic heterocycles. The molecule has 1 heterocycles. The predicted octanol–water partition coefficient (Wildman–Crippen LogP) is 2.60. The first-order valence-corrected chi connectivity index (χ1v) is 8.49. The van der Waals surface area contributed by atoms with Crippen LogP contribution in [0.15, 0.2) is 59.8 Å². The number of rotatable bonds is 6. The summed E-state index contributed by atoms with van der Waals surface area (Å²) in [6, 6.07) is 16.3. The van der Waals surface area contributed by atoms with Gasteiger partial charge in [0, 0.05) is 18.2 Å². The zero-order chi connectivity index (χ0) is 17.6. The number of thioether (sulfide) groups is 1. The Hall–Kier alpha value is -3.00. The standard InChI is InChI=1S/C17H15N5O2S/c1-12(23)18-14-9-7-13(8-10-14)16(24)11-25-17-19-20-21-22(17)15-5-3-2-4-6-15/h2-10H,11H2,1H3,(H,18,23). The normalized spacial score (nSPS) is 10.4. The Kier molecular flexibility index (Phi) is 5.20. The van der Waals surface area contributed by atoms with Gasteiger partial charge in [0.1, 0.15) is 0 Å². The fraction of sp³-hybridized carbons (Fsp3) is 0.118. The third-order valence-corrected chi connectivity index (χ3v) is 4.22. The van der Waals surface area contributed by atoms with E-state index < -0.39 is 0 Å². The third kappa shape index (κ3) is 4.30. The molecule has 126 valence electrons. The van der Waals surface area contributed by atoms with Gasteiger partial charge >= 0.3 is 0 Å². The van der Waals surface area contributed by atoms with E-state index in [4.69, 9.17) is 0 Å². The van der Waals surface area contributed by atoms with Crippen molar-refractivity contribution >= 4 is 29.1 Å². The molecular formula is C17H15N5O2S. The van der Waals surface area contributed by atoms with Crippen molar-refractivity contribution in [1.29, 1.82) is 0 Å². The van der Waals surface area contributed by atoms with Crippen LogP contribution in [0.25, 0.3) is 5.69 Å². The summed E-state index contributed by atoms with van der Waals surface area (Å²) >= 11 is 1.27. The van der Waals surface area contributed by atoms with Gasteiger partial charge in [-0.25, -0.2) is 0 Å². The van der Waals surface area contributed by atoms with Gasteiger partial charge in [0.2, 0.25) is 11.1 Å². The molecule has 0 aliphatic carbocycles. The van der Waals surface area contributed by atoms with Gasteiger partial charge in [-0.3, -0.25) is 9.59 Å². The molecule has 0 bridgehead atoms. The molecule has 0 spiro atoms. The summed E-state index contributed by atoms with van der Waals surface area (Å²) in [5, 5.41) is 14.8. The number of tetrazole rings is 1. The summed E-state index contributed by atoms with van der Waals surface area (Å²) in [6.45, 7) is 1.44. The monoisotopic (exact) mass is 353 g/mol. The highest BCUT2D eigenvalue weighted by Crippen LogP contribution is 2.20. The summed E-state index contributed by atoms with van der Waals surface area (Å²) in [5.41, 5.74) is 2.06. The Morgan fingerprint density at radius 3 is 2.48 bits per heavy atom. The minimum Gasteiger partial charge on any atom is -0.326 e. The highest BCUT2D eigenvalue weighted by Gasteiger charge is 2.12. The summed E-state index contributed by atoms with van der Waals surface area (Å²) in [4.78, 5) is 23.3. The summed E-state index contributed by atoms with van der Waals surface area (Å²) in [5.74, 6) is 0.0246. The Bertz CT molecular complexity index is 878. The largest absolute Gasteiger partial charge is 0.326 e. The van der Waals surface area contributed by atoms with E-state index in [2.05, 4.69) is 20.8 Å². The minimum absolute atomic E-state index is 0.0398. The van der Waals surface area contributed by atoms with Crippen LogP contribution in [0.3, 0.4) is 0 Å². The SMILES string of the molecule is CC(=O)Nc1ccc(C(=O)CSc2nnnn2-c2ccccc2)cc1. The third-order valence-electron chi connectivity index (χ3n) is 3.30. The number of para-hydroxylation sites is 1. The molecule has 0 atom stereocenters. The van der Waals surface area contributed by atoms with Crippen LogP contribution in [0, 0.1) is 0 Å². The van der Waals surface area contributed by atoms with Gasteiger partial charge < -0.3 is 5.32 Å². The lowest BCUT2D eigenvalue weighted by Gasteiger charge is -2.05. The second-order valence-corrected chi connectivity index (χ2v) is 6.12. The van der Waals surface area contributed by atoms with E-state index in [-0.39, 0.29) is 17.4 Å². The van der Waals surface area contributed by atoms with E-state index in [0.717, 1.165) is 5.69 Å². The maximum absolute atomic E-state index is 12.3. The number of ketones is 1. The number of aromatic nitrogens is 4. The van der Waals surface area contributed by atoms with E-state index in [1.165, 1.54) is 18.7 Å². The molecule has 1 N–H and O–H groups in total. The van der Waals surface area contributed by atoms with Gasteiger partial charge in [0.15, 0.2) is 5.78 Å². The average Bonchev–Trinajstić information content (AvgIpc) is 3.09. The molecule has 0 aliphatic rings. The molecule has 0 unspecified atom stereocenters. The molecule has 0 radical (unpaired) electrons. The van der Waals surface area contributed by atoms with Crippen molar-refractivity contribution in [2.24, 2.45) is 0 Å². The molecule has 1 aromatic heterocycles. The maximum atomic E-state index is 12.3. The van der Waals surface area contributed by atoms with Crippen molar-refractivity contribution in [3.8, 4) is 5.69 Å². The van der Waals surface area contributed by atoms with Gasteiger partial charge in [0.25, 0.3) is 0 Å². The number of nitrogens with zero attached hydrogens (tertiary/aromatic N) is 4. The van der Waals surface area contributed by atoms with Crippen LogP contribution in [0.4, 0.5) is 5.69 Å². The van der Waals surface area contributed by atoms with E-state index in [9.17, 15) is 9.59 Å². The van der Waals surface area contributed by atoms with Gasteiger partial charge in [-0.05, 0) is 46.8 Å². The zero-order valence-electron chi connectivity index (χ0n) is 13.4. The number of hydrogen-bond donors (Lipinski definition) is 1. The lowest BCUT2D eigenvalue weighted by molar-refractivity contribution is -0.114. The van der Waals surface area contributed by atoms with Gasteiger partial charge in [0.05, 0.1) is 11.4 Å². The number of hydrogen-bond acceptors (Lipinski definition) is 6. The van der Waals surface area contributed by atoms with Crippen LogP contribution < -0.4 is 5.32 Å². The molecular weight excluding hydrogens is 338 g/mol. The number of amides is 1. The number of carbonyl (C=O) groups is 2. The second kappa shape index (κ2) is 7.71. The molecule has 1 amide bonds. The van der Waals surface area contributed by atoms with E-state index in [1.54, 1.807) is 28.9 Å². The van der Waals surface area contributed by atoms with Crippen LogP contribution in [0.2, 0.25) is 0 Å². The van der Waals surface area contributed by atoms with Gasteiger partial charge in [-0.1, -0.05) is 30.0 Å². The summed E-state index contributed by atoms with van der Waals surface area (Å²) < 4.78 is 1.60. The number of nitrogens with one attached hydrogen (secondary N) is 1. The number of Topliss-reactive ketones (excluding diaryl/α,β-unsaturated/α-hetero) is 1. The van der Waals surface area contributed by atoms with E-state index >= 15 is 0 Å². The maximum Gasteiger partial charge on any atom is 0.221 e. The summed E-state index contributed by atoms with van der Waals surface area (Å²) in [6.07, 6.45) is 0. The Morgan fingerprint density at radius 1 is 1.08 bits per heavy atom. The van der Waals surface area contributed by atoms with Crippen LogP contribution in [0.5, 0.6) is 0 Å². The first-order valence-electron chi connectivity index (χ1n) is 7.51. The number of benzene rings is 2. The highest BCUT2D eigenvalue weighted by atomic mass is 32.2. The van der Waals surface area contributed by atoms with E-state index in [1.807, 2.05) is 30.3 Å². The Morgan fingerprint density at radius 2 is 1.80 bits per heavy atom. The molecule has 2 aromatic carbocycles. The second-order valence-electron chi connectivity index (χ2n) is 5.18. The highest BCUT2D eigenvalue weighted by molar-refractivity contribution is 7.99. The van der Waals surface area contributed by atoms with Crippen LogP contribution >= 0.6 is 11.8 Å². The molecule has 0 saturated heterocycles. The first-order chi connectivity index (χ1) is 12.1. The van der Waals surface area contributed by atoms with Crippen LogP contribution in [-0.2, 0) is 4.79 Å². The number of anilines is 1. The number of carbonyl (C=O) groups excluding carboxylic acids is 2. The smallest absolute Gasteiger partial charge is 0.221 e. The fourth-order valence-electron chi connectivity index (χ4n) is 2.16. The van der Waals surface area contributed by atoms with Crippen molar-refractivity contribution in [2.45, 2.75) is 12.1 Å². The predicted molar refractivity (Wildman–Crippen MR) is 95.0 cm³/mol. The molecule has 7 nitrogen and oxygen atoms in total. The molecule has 3 rings (SSSR count). The van der Waals surface area contributed by atoms with Crippen molar-refractivity contribution in [3.63, 3.8) is 0 Å². The van der Waals surface area contributed by atoms with Gasteiger partial charge in [-0.2, -0.15) is 4.68 Å². The van der Waals surface area contributed by atoms with Crippen LogP contribution in [0.1, 0.15) is 17.3 Å². The molecule has 8 heteroatoms.